The van der Waals surface area contributed by atoms with Gasteiger partial charge in [0.2, 0.25) is 0 Å². The molecule has 86 valence electrons. The molecule has 2 aliphatic rings. The lowest BCUT2D eigenvalue weighted by atomic mass is 9.89. The summed E-state index contributed by atoms with van der Waals surface area (Å²) >= 11 is 0. The minimum Gasteiger partial charge on any atom is -0.402 e. The molecule has 2 rings (SSSR count). The summed E-state index contributed by atoms with van der Waals surface area (Å²) in [4.78, 5) is 4.20. The molecule has 0 radical (unpaired) electrons. The third-order valence-electron chi connectivity index (χ3n) is 3.05. The van der Waals surface area contributed by atoms with E-state index >= 15 is 0 Å². The van der Waals surface area contributed by atoms with Crippen molar-refractivity contribution in [1.29, 1.82) is 5.41 Å². The van der Waals surface area contributed by atoms with Crippen LogP contribution in [0.3, 0.4) is 0 Å². The van der Waals surface area contributed by atoms with Crippen LogP contribution in [-0.2, 0) is 0 Å². The Morgan fingerprint density at radius 1 is 1.62 bits per heavy atom. The monoisotopic (exact) mass is 218 g/mol. The second-order valence-corrected chi connectivity index (χ2v) is 4.31. The Hall–Kier alpha value is -1.42. The van der Waals surface area contributed by atoms with Gasteiger partial charge in [0.25, 0.3) is 0 Å². The van der Waals surface area contributed by atoms with Crippen molar-refractivity contribution >= 4 is 11.9 Å². The minimum atomic E-state index is 0.144. The summed E-state index contributed by atoms with van der Waals surface area (Å²) in [6, 6.07) is 0. The summed E-state index contributed by atoms with van der Waals surface area (Å²) in [6.07, 6.45) is 5.60. The van der Waals surface area contributed by atoms with Crippen LogP contribution >= 0.6 is 0 Å². The predicted molar refractivity (Wildman–Crippen MR) is 66.8 cm³/mol. The van der Waals surface area contributed by atoms with E-state index in [0.29, 0.717) is 5.71 Å². The van der Waals surface area contributed by atoms with Crippen LogP contribution in [0.15, 0.2) is 28.0 Å². The second kappa shape index (κ2) is 4.61. The largest absolute Gasteiger partial charge is 0.402 e. The van der Waals surface area contributed by atoms with E-state index in [-0.39, 0.29) is 5.92 Å². The first-order chi connectivity index (χ1) is 7.68. The molecule has 0 bridgehead atoms. The fourth-order valence-corrected chi connectivity index (χ4v) is 2.11. The van der Waals surface area contributed by atoms with Gasteiger partial charge in [0.15, 0.2) is 0 Å². The lowest BCUT2D eigenvalue weighted by Crippen LogP contribution is -2.33. The Labute approximate surface area is 95.8 Å². The second-order valence-electron chi connectivity index (χ2n) is 4.31. The smallest absolute Gasteiger partial charge is 0.0449 e. The first-order valence-corrected chi connectivity index (χ1v) is 5.66. The molecule has 2 aliphatic heterocycles. The topological polar surface area (TPSA) is 74.3 Å². The van der Waals surface area contributed by atoms with E-state index in [1.807, 2.05) is 13.1 Å². The van der Waals surface area contributed by atoms with Gasteiger partial charge in [-0.1, -0.05) is 6.08 Å². The van der Waals surface area contributed by atoms with Crippen molar-refractivity contribution in [3.63, 3.8) is 0 Å². The first kappa shape index (κ1) is 11.1. The molecule has 0 fully saturated rings. The van der Waals surface area contributed by atoms with Gasteiger partial charge < -0.3 is 16.5 Å². The van der Waals surface area contributed by atoms with Crippen LogP contribution in [0.25, 0.3) is 0 Å². The molecule has 4 N–H and O–H groups in total. The van der Waals surface area contributed by atoms with Crippen LogP contribution in [0.1, 0.15) is 19.8 Å². The van der Waals surface area contributed by atoms with Crippen LogP contribution in [0.4, 0.5) is 0 Å². The zero-order valence-electron chi connectivity index (χ0n) is 9.59. The van der Waals surface area contributed by atoms with Crippen molar-refractivity contribution in [3.8, 4) is 0 Å². The normalized spacial score (nSPS) is 25.6. The number of rotatable bonds is 2. The maximum Gasteiger partial charge on any atom is 0.0449 e. The fraction of sp³-hybridized carbons (Fsp3) is 0.500. The molecule has 2 heterocycles. The molecule has 1 unspecified atom stereocenters. The molecular weight excluding hydrogens is 200 g/mol. The highest BCUT2D eigenvalue weighted by Gasteiger charge is 2.21. The maximum atomic E-state index is 8.21. The van der Waals surface area contributed by atoms with Crippen molar-refractivity contribution in [2.75, 3.05) is 13.1 Å². The van der Waals surface area contributed by atoms with Gasteiger partial charge in [-0.2, -0.15) is 0 Å². The average Bonchev–Trinajstić information content (AvgIpc) is 2.29. The summed E-state index contributed by atoms with van der Waals surface area (Å²) in [7, 11) is 0. The number of nitrogens with zero attached hydrogens (tertiary/aromatic N) is 1. The summed E-state index contributed by atoms with van der Waals surface area (Å²) in [5.74, 6) is 0.144. The Balaban J connectivity index is 2.16. The van der Waals surface area contributed by atoms with Gasteiger partial charge in [-0.15, -0.1) is 0 Å². The number of nitrogens with two attached hydrogens (primary N) is 1. The fourth-order valence-electron chi connectivity index (χ4n) is 2.11. The highest BCUT2D eigenvalue weighted by Crippen LogP contribution is 2.20. The van der Waals surface area contributed by atoms with Crippen molar-refractivity contribution in [1.82, 2.24) is 5.32 Å². The first-order valence-electron chi connectivity index (χ1n) is 5.66. The third-order valence-corrected chi connectivity index (χ3v) is 3.05. The molecule has 1 atom stereocenters. The quantitative estimate of drug-likeness (QED) is 0.609. The Morgan fingerprint density at radius 2 is 2.44 bits per heavy atom. The van der Waals surface area contributed by atoms with Crippen LogP contribution in [0.2, 0.25) is 0 Å². The molecule has 0 aliphatic carbocycles. The number of hydrogen-bond acceptors (Lipinski definition) is 4. The van der Waals surface area contributed by atoms with Gasteiger partial charge >= 0.3 is 0 Å². The Morgan fingerprint density at radius 3 is 3.12 bits per heavy atom. The number of nitrogens with one attached hydrogen (secondary N) is 2. The number of hydrogen-bond donors (Lipinski definition) is 3. The van der Waals surface area contributed by atoms with Crippen molar-refractivity contribution in [3.05, 3.63) is 23.0 Å². The standard InChI is InChI=1S/C12H18N4/c1-8-6-9(2-5-16-8)12(14)10-7-15-4-3-11(10)13/h5-6,9,14-15H,2-4,7,13H2,1H3. The Kier molecular flexibility index (Phi) is 3.19. The zero-order valence-corrected chi connectivity index (χ0v) is 9.59. The van der Waals surface area contributed by atoms with Gasteiger partial charge in [0.1, 0.15) is 0 Å². The van der Waals surface area contributed by atoms with Crippen molar-refractivity contribution < 1.29 is 0 Å². The molecule has 4 heteroatoms. The molecule has 4 nitrogen and oxygen atoms in total. The molecular formula is C12H18N4. The van der Waals surface area contributed by atoms with E-state index in [4.69, 9.17) is 11.1 Å². The zero-order chi connectivity index (χ0) is 11.5. The third kappa shape index (κ3) is 2.22. The van der Waals surface area contributed by atoms with E-state index in [2.05, 4.69) is 16.4 Å². The Bertz CT molecular complexity index is 390. The van der Waals surface area contributed by atoms with Gasteiger partial charge in [-0.05, 0) is 19.8 Å². The predicted octanol–water partition coefficient (Wildman–Crippen LogP) is 1.21. The average molecular weight is 218 g/mol. The lowest BCUT2D eigenvalue weighted by molar-refractivity contribution is 0.679. The summed E-state index contributed by atoms with van der Waals surface area (Å²) in [5.41, 5.74) is 9.46. The van der Waals surface area contributed by atoms with Crippen LogP contribution < -0.4 is 11.1 Å². The van der Waals surface area contributed by atoms with E-state index in [1.54, 1.807) is 0 Å². The van der Waals surface area contributed by atoms with Crippen molar-refractivity contribution in [2.24, 2.45) is 16.6 Å². The summed E-state index contributed by atoms with van der Waals surface area (Å²) < 4.78 is 0. The number of aliphatic imine (C=N–C) groups is 1. The minimum absolute atomic E-state index is 0.144. The highest BCUT2D eigenvalue weighted by molar-refractivity contribution is 6.03. The molecule has 0 amide bonds. The highest BCUT2D eigenvalue weighted by atomic mass is 14.9. The van der Waals surface area contributed by atoms with Gasteiger partial charge in [0, 0.05) is 47.9 Å². The molecule has 0 aromatic rings. The molecule has 0 aromatic carbocycles. The maximum absolute atomic E-state index is 8.21. The van der Waals surface area contributed by atoms with Gasteiger partial charge in [-0.25, -0.2) is 0 Å². The van der Waals surface area contributed by atoms with Crippen LogP contribution in [0, 0.1) is 11.3 Å². The SMILES string of the molecule is CC1=CC(C(=N)C2=C(N)CCNC2)CC=N1. The van der Waals surface area contributed by atoms with E-state index in [1.165, 1.54) is 0 Å². The molecule has 0 saturated carbocycles. The lowest BCUT2D eigenvalue weighted by Gasteiger charge is -2.23. The molecule has 0 spiro atoms. The summed E-state index contributed by atoms with van der Waals surface area (Å²) in [5, 5.41) is 11.5. The summed E-state index contributed by atoms with van der Waals surface area (Å²) in [6.45, 7) is 3.61. The molecule has 0 saturated heterocycles. The van der Waals surface area contributed by atoms with Gasteiger partial charge in [-0.3, -0.25) is 4.99 Å². The molecule has 16 heavy (non-hydrogen) atoms. The van der Waals surface area contributed by atoms with E-state index in [0.717, 1.165) is 42.9 Å². The van der Waals surface area contributed by atoms with Gasteiger partial charge in [0.05, 0.1) is 0 Å². The van der Waals surface area contributed by atoms with Crippen molar-refractivity contribution in [2.45, 2.75) is 19.8 Å². The number of allylic oxidation sites excluding steroid dienone is 2. The van der Waals surface area contributed by atoms with Crippen LogP contribution in [0.5, 0.6) is 0 Å². The van der Waals surface area contributed by atoms with Crippen LogP contribution in [-0.4, -0.2) is 25.0 Å². The van der Waals surface area contributed by atoms with E-state index in [9.17, 15) is 0 Å². The van der Waals surface area contributed by atoms with E-state index < -0.39 is 0 Å². The molecule has 0 aromatic heterocycles.